The van der Waals surface area contributed by atoms with Gasteiger partial charge in [0.1, 0.15) is 5.75 Å². The Morgan fingerprint density at radius 3 is 2.19 bits per heavy atom. The molecule has 0 heterocycles. The Kier molecular flexibility index (Phi) is 4.02. The number of carbonyl (C=O) groups excluding carboxylic acids is 1. The van der Waals surface area contributed by atoms with Crippen molar-refractivity contribution in [3.8, 4) is 5.75 Å². The van der Waals surface area contributed by atoms with Gasteiger partial charge in [-0.2, -0.15) is 13.2 Å². The van der Waals surface area contributed by atoms with Crippen LogP contribution < -0.4 is 4.74 Å². The molecule has 0 radical (unpaired) electrons. The average Bonchev–Trinajstić information content (AvgIpc) is 2.36. The Bertz CT molecular complexity index is 655. The van der Waals surface area contributed by atoms with Crippen LogP contribution in [0.3, 0.4) is 0 Å². The van der Waals surface area contributed by atoms with E-state index in [1.54, 1.807) is 12.1 Å². The summed E-state index contributed by atoms with van der Waals surface area (Å²) in [6.07, 6.45) is -4.49. The zero-order valence-electron chi connectivity index (χ0n) is 11.5. The quantitative estimate of drug-likeness (QED) is 0.600. The molecule has 0 N–H and O–H groups in total. The molecule has 0 aliphatic rings. The van der Waals surface area contributed by atoms with E-state index in [-0.39, 0.29) is 5.56 Å². The van der Waals surface area contributed by atoms with Crippen molar-refractivity contribution in [3.63, 3.8) is 0 Å². The molecule has 0 fully saturated rings. The molecule has 0 unspecified atom stereocenters. The lowest BCUT2D eigenvalue weighted by Gasteiger charge is -2.09. The molecular formula is C16H13F3O2. The molecule has 2 aromatic rings. The van der Waals surface area contributed by atoms with Crippen molar-refractivity contribution < 1.29 is 22.7 Å². The summed E-state index contributed by atoms with van der Waals surface area (Å²) in [5, 5.41) is 0. The van der Waals surface area contributed by atoms with E-state index in [1.807, 2.05) is 19.9 Å². The third-order valence-electron chi connectivity index (χ3n) is 2.83. The average molecular weight is 294 g/mol. The Morgan fingerprint density at radius 2 is 1.62 bits per heavy atom. The minimum Gasteiger partial charge on any atom is -0.423 e. The van der Waals surface area contributed by atoms with Gasteiger partial charge >= 0.3 is 12.1 Å². The van der Waals surface area contributed by atoms with Gasteiger partial charge in [-0.3, -0.25) is 0 Å². The Hall–Kier alpha value is -2.30. The number of hydrogen-bond acceptors (Lipinski definition) is 2. The van der Waals surface area contributed by atoms with Gasteiger partial charge in [-0.25, -0.2) is 4.79 Å². The molecule has 0 bridgehead atoms. The molecule has 2 aromatic carbocycles. The molecule has 0 aromatic heterocycles. The Labute approximate surface area is 120 Å². The third kappa shape index (κ3) is 3.84. The maximum Gasteiger partial charge on any atom is 0.416 e. The molecule has 2 rings (SSSR count). The van der Waals surface area contributed by atoms with E-state index < -0.39 is 17.7 Å². The topological polar surface area (TPSA) is 26.3 Å². The molecular weight excluding hydrogens is 281 g/mol. The lowest BCUT2D eigenvalue weighted by Crippen LogP contribution is -2.11. The van der Waals surface area contributed by atoms with Gasteiger partial charge in [0.15, 0.2) is 0 Å². The van der Waals surface area contributed by atoms with Gasteiger partial charge < -0.3 is 4.74 Å². The maximum absolute atomic E-state index is 12.6. The standard InChI is InChI=1S/C16H13F3O2/c1-10-6-11(2)8-14(7-10)21-15(20)12-4-3-5-13(9-12)16(17,18)19/h3-9H,1-2H3. The highest BCUT2D eigenvalue weighted by molar-refractivity contribution is 5.91. The molecule has 2 nitrogen and oxygen atoms in total. The van der Waals surface area contributed by atoms with Crippen molar-refractivity contribution in [2.45, 2.75) is 20.0 Å². The minimum atomic E-state index is -4.49. The second-order valence-electron chi connectivity index (χ2n) is 4.79. The van der Waals surface area contributed by atoms with Gasteiger partial charge in [0.05, 0.1) is 11.1 Å². The number of ether oxygens (including phenoxy) is 1. The SMILES string of the molecule is Cc1cc(C)cc(OC(=O)c2cccc(C(F)(F)F)c2)c1. The molecule has 21 heavy (non-hydrogen) atoms. The molecule has 0 saturated carbocycles. The fourth-order valence-electron chi connectivity index (χ4n) is 1.98. The lowest BCUT2D eigenvalue weighted by atomic mass is 10.1. The summed E-state index contributed by atoms with van der Waals surface area (Å²) < 4.78 is 43.0. The smallest absolute Gasteiger partial charge is 0.416 e. The highest BCUT2D eigenvalue weighted by Gasteiger charge is 2.31. The van der Waals surface area contributed by atoms with E-state index in [0.29, 0.717) is 5.75 Å². The van der Waals surface area contributed by atoms with Crippen molar-refractivity contribution in [2.75, 3.05) is 0 Å². The first-order valence-corrected chi connectivity index (χ1v) is 6.23. The van der Waals surface area contributed by atoms with Gasteiger partial charge in [-0.15, -0.1) is 0 Å². The summed E-state index contributed by atoms with van der Waals surface area (Å²) in [5.74, 6) is -0.499. The van der Waals surface area contributed by atoms with Gasteiger partial charge in [0.25, 0.3) is 0 Å². The summed E-state index contributed by atoms with van der Waals surface area (Å²) in [5.41, 5.74) is 0.796. The summed E-state index contributed by atoms with van der Waals surface area (Å²) in [6.45, 7) is 3.68. The first-order chi connectivity index (χ1) is 9.75. The highest BCUT2D eigenvalue weighted by Crippen LogP contribution is 2.29. The Balaban J connectivity index is 2.24. The molecule has 110 valence electrons. The van der Waals surface area contributed by atoms with E-state index in [4.69, 9.17) is 4.74 Å². The first-order valence-electron chi connectivity index (χ1n) is 6.23. The van der Waals surface area contributed by atoms with E-state index in [9.17, 15) is 18.0 Å². The van der Waals surface area contributed by atoms with Crippen molar-refractivity contribution in [3.05, 3.63) is 64.7 Å². The monoisotopic (exact) mass is 294 g/mol. The van der Waals surface area contributed by atoms with E-state index in [1.165, 1.54) is 12.1 Å². The fourth-order valence-corrected chi connectivity index (χ4v) is 1.98. The van der Waals surface area contributed by atoms with E-state index in [0.717, 1.165) is 23.3 Å². The van der Waals surface area contributed by atoms with Crippen molar-refractivity contribution in [2.24, 2.45) is 0 Å². The van der Waals surface area contributed by atoms with Crippen molar-refractivity contribution in [1.29, 1.82) is 0 Å². The second kappa shape index (κ2) is 5.60. The molecule has 0 amide bonds. The lowest BCUT2D eigenvalue weighted by molar-refractivity contribution is -0.137. The van der Waals surface area contributed by atoms with Crippen LogP contribution >= 0.6 is 0 Å². The van der Waals surface area contributed by atoms with Gasteiger partial charge in [-0.05, 0) is 55.3 Å². The second-order valence-corrected chi connectivity index (χ2v) is 4.79. The van der Waals surface area contributed by atoms with Crippen LogP contribution in [-0.2, 0) is 6.18 Å². The molecule has 0 aliphatic heterocycles. The highest BCUT2D eigenvalue weighted by atomic mass is 19.4. The molecule has 0 spiro atoms. The number of esters is 1. The van der Waals surface area contributed by atoms with Gasteiger partial charge in [0, 0.05) is 0 Å². The summed E-state index contributed by atoms with van der Waals surface area (Å²) >= 11 is 0. The number of alkyl halides is 3. The summed E-state index contributed by atoms with van der Waals surface area (Å²) in [4.78, 5) is 11.9. The van der Waals surface area contributed by atoms with Crippen LogP contribution in [0.2, 0.25) is 0 Å². The molecule has 0 aliphatic carbocycles. The number of benzene rings is 2. The van der Waals surface area contributed by atoms with Gasteiger partial charge in [0.2, 0.25) is 0 Å². The fraction of sp³-hybridized carbons (Fsp3) is 0.188. The minimum absolute atomic E-state index is 0.135. The number of carbonyl (C=O) groups is 1. The number of halogens is 3. The van der Waals surface area contributed by atoms with Crippen LogP contribution in [-0.4, -0.2) is 5.97 Å². The number of rotatable bonds is 2. The molecule has 5 heteroatoms. The number of aryl methyl sites for hydroxylation is 2. The van der Waals surface area contributed by atoms with Crippen LogP contribution in [0.1, 0.15) is 27.0 Å². The van der Waals surface area contributed by atoms with Crippen LogP contribution in [0.25, 0.3) is 0 Å². The van der Waals surface area contributed by atoms with Crippen LogP contribution in [0, 0.1) is 13.8 Å². The predicted molar refractivity (Wildman–Crippen MR) is 72.3 cm³/mol. The number of hydrogen-bond donors (Lipinski definition) is 0. The summed E-state index contributed by atoms with van der Waals surface area (Å²) in [7, 11) is 0. The van der Waals surface area contributed by atoms with Crippen molar-refractivity contribution in [1.82, 2.24) is 0 Å². The largest absolute Gasteiger partial charge is 0.423 e. The normalized spacial score (nSPS) is 11.3. The van der Waals surface area contributed by atoms with Crippen LogP contribution in [0.15, 0.2) is 42.5 Å². The third-order valence-corrected chi connectivity index (χ3v) is 2.83. The van der Waals surface area contributed by atoms with Gasteiger partial charge in [-0.1, -0.05) is 12.1 Å². The van der Waals surface area contributed by atoms with Crippen LogP contribution in [0.5, 0.6) is 5.75 Å². The zero-order chi connectivity index (χ0) is 15.6. The molecule has 0 atom stereocenters. The van der Waals surface area contributed by atoms with E-state index in [2.05, 4.69) is 0 Å². The van der Waals surface area contributed by atoms with E-state index >= 15 is 0 Å². The maximum atomic E-state index is 12.6. The predicted octanol–water partition coefficient (Wildman–Crippen LogP) is 4.54. The Morgan fingerprint density at radius 1 is 1.00 bits per heavy atom. The molecule has 0 saturated heterocycles. The van der Waals surface area contributed by atoms with Crippen LogP contribution in [0.4, 0.5) is 13.2 Å². The first kappa shape index (κ1) is 15.1. The summed E-state index contributed by atoms with van der Waals surface area (Å²) in [6, 6.07) is 9.37. The van der Waals surface area contributed by atoms with Crippen molar-refractivity contribution >= 4 is 5.97 Å². The zero-order valence-corrected chi connectivity index (χ0v) is 11.5.